The quantitative estimate of drug-likeness (QED) is 0.215. The number of hydrogen-bond donors (Lipinski definition) is 0. The molecule has 122 valence electrons. The van der Waals surface area contributed by atoms with Gasteiger partial charge in [-0.1, -0.05) is 52.3 Å². The molecule has 2 atom stereocenters. The fourth-order valence-corrected chi connectivity index (χ4v) is 3.16. The molecule has 0 radical (unpaired) electrons. The van der Waals surface area contributed by atoms with Crippen LogP contribution in [0.15, 0.2) is 55.3 Å². The summed E-state index contributed by atoms with van der Waals surface area (Å²) in [5.41, 5.74) is 1.23. The van der Waals surface area contributed by atoms with Crippen molar-refractivity contribution in [1.82, 2.24) is 0 Å². The number of benzene rings is 1. The summed E-state index contributed by atoms with van der Waals surface area (Å²) in [6, 6.07) is 10.3. The minimum atomic E-state index is 0.484. The molecule has 0 saturated carbocycles. The van der Waals surface area contributed by atoms with E-state index in [0.29, 0.717) is 18.4 Å². The van der Waals surface area contributed by atoms with E-state index in [1.165, 1.54) is 5.56 Å². The molecular weight excluding hydrogens is 340 g/mol. The van der Waals surface area contributed by atoms with Crippen molar-refractivity contribution in [3.63, 3.8) is 0 Å². The molecule has 0 fully saturated rings. The average Bonchev–Trinajstić information content (AvgIpc) is 2.56. The molecule has 0 aromatic heterocycles. The average molecular weight is 367 g/mol. The van der Waals surface area contributed by atoms with E-state index in [0.717, 1.165) is 31.2 Å². The normalized spacial score (nSPS) is 13.9. The van der Waals surface area contributed by atoms with Crippen molar-refractivity contribution in [3.8, 4) is 0 Å². The fraction of sp³-hybridized carbons (Fsp3) is 0.474. The highest BCUT2D eigenvalue weighted by atomic mass is 79.9. The second-order valence-corrected chi connectivity index (χ2v) is 5.99. The molecule has 1 rings (SSSR count). The lowest BCUT2D eigenvalue weighted by Crippen LogP contribution is -2.15. The number of ether oxygens (including phenoxy) is 2. The first-order valence-electron chi connectivity index (χ1n) is 7.79. The molecule has 2 nitrogen and oxygen atoms in total. The third-order valence-electron chi connectivity index (χ3n) is 3.67. The molecule has 1 aromatic carbocycles. The summed E-state index contributed by atoms with van der Waals surface area (Å²) in [6.45, 7) is 5.33. The van der Waals surface area contributed by atoms with Crippen LogP contribution in [0.1, 0.15) is 24.8 Å². The van der Waals surface area contributed by atoms with Crippen LogP contribution in [-0.2, 0) is 16.1 Å². The third-order valence-corrected chi connectivity index (χ3v) is 4.50. The van der Waals surface area contributed by atoms with E-state index in [-0.39, 0.29) is 0 Å². The van der Waals surface area contributed by atoms with E-state index in [9.17, 15) is 0 Å². The Balaban J connectivity index is 2.33. The van der Waals surface area contributed by atoms with Crippen LogP contribution >= 0.6 is 15.9 Å². The number of allylic oxidation sites excluding steroid dienone is 2. The number of halogens is 1. The van der Waals surface area contributed by atoms with Crippen LogP contribution in [0.2, 0.25) is 0 Å². The molecule has 3 heteroatoms. The van der Waals surface area contributed by atoms with Crippen LogP contribution in [0.4, 0.5) is 0 Å². The monoisotopic (exact) mass is 366 g/mol. The third kappa shape index (κ3) is 7.81. The second-order valence-electron chi connectivity index (χ2n) is 5.35. The first-order chi connectivity index (χ1) is 10.8. The van der Waals surface area contributed by atoms with Gasteiger partial charge in [0.2, 0.25) is 0 Å². The maximum absolute atomic E-state index is 5.76. The summed E-state index contributed by atoms with van der Waals surface area (Å²) >= 11 is 3.61. The zero-order chi connectivity index (χ0) is 16.0. The van der Waals surface area contributed by atoms with Crippen LogP contribution in [0, 0.1) is 11.8 Å². The highest BCUT2D eigenvalue weighted by Crippen LogP contribution is 2.25. The van der Waals surface area contributed by atoms with Crippen LogP contribution < -0.4 is 0 Å². The van der Waals surface area contributed by atoms with Gasteiger partial charge in [0.1, 0.15) is 0 Å². The highest BCUT2D eigenvalue weighted by Gasteiger charge is 2.16. The summed E-state index contributed by atoms with van der Waals surface area (Å²) in [5.74, 6) is 1.04. The summed E-state index contributed by atoms with van der Waals surface area (Å²) in [7, 11) is 1.69. The first-order valence-corrected chi connectivity index (χ1v) is 8.92. The molecule has 0 bridgehead atoms. The summed E-state index contributed by atoms with van der Waals surface area (Å²) in [4.78, 5) is 0. The zero-order valence-electron chi connectivity index (χ0n) is 13.4. The van der Waals surface area contributed by atoms with Gasteiger partial charge >= 0.3 is 0 Å². The van der Waals surface area contributed by atoms with Gasteiger partial charge in [-0.3, -0.25) is 0 Å². The van der Waals surface area contributed by atoms with Crippen molar-refractivity contribution >= 4 is 15.9 Å². The van der Waals surface area contributed by atoms with Crippen molar-refractivity contribution in [2.45, 2.75) is 25.9 Å². The van der Waals surface area contributed by atoms with Gasteiger partial charge in [-0.05, 0) is 42.7 Å². The Morgan fingerprint density at radius 1 is 1.27 bits per heavy atom. The van der Waals surface area contributed by atoms with E-state index in [4.69, 9.17) is 9.47 Å². The fourth-order valence-electron chi connectivity index (χ4n) is 2.42. The van der Waals surface area contributed by atoms with Crippen molar-refractivity contribution in [2.24, 2.45) is 11.8 Å². The van der Waals surface area contributed by atoms with Gasteiger partial charge in [0, 0.05) is 11.9 Å². The lowest BCUT2D eigenvalue weighted by molar-refractivity contribution is 0.113. The zero-order valence-corrected chi connectivity index (χ0v) is 15.0. The Morgan fingerprint density at radius 2 is 2.05 bits per heavy atom. The van der Waals surface area contributed by atoms with Crippen LogP contribution in [0.25, 0.3) is 0 Å². The molecule has 0 saturated heterocycles. The van der Waals surface area contributed by atoms with Crippen molar-refractivity contribution < 1.29 is 9.47 Å². The van der Waals surface area contributed by atoms with Crippen LogP contribution in [0.3, 0.4) is 0 Å². The Morgan fingerprint density at radius 3 is 2.68 bits per heavy atom. The molecule has 0 aliphatic carbocycles. The van der Waals surface area contributed by atoms with E-state index in [1.807, 2.05) is 24.3 Å². The molecule has 0 aliphatic rings. The number of hydrogen-bond acceptors (Lipinski definition) is 2. The van der Waals surface area contributed by atoms with Gasteiger partial charge in [0.15, 0.2) is 0 Å². The van der Waals surface area contributed by atoms with Crippen LogP contribution in [-0.4, -0.2) is 19.0 Å². The van der Waals surface area contributed by atoms with E-state index in [1.54, 1.807) is 13.4 Å². The van der Waals surface area contributed by atoms with Crippen molar-refractivity contribution in [1.29, 1.82) is 0 Å². The smallest absolute Gasteiger partial charge is 0.0787 e. The Kier molecular flexibility index (Phi) is 10.8. The summed E-state index contributed by atoms with van der Waals surface area (Å²) in [6.07, 6.45) is 9.09. The molecule has 0 unspecified atom stereocenters. The molecule has 22 heavy (non-hydrogen) atoms. The Labute approximate surface area is 143 Å². The van der Waals surface area contributed by atoms with Crippen molar-refractivity contribution in [3.05, 3.63) is 60.9 Å². The summed E-state index contributed by atoms with van der Waals surface area (Å²) in [5, 5.41) is 0.975. The molecule has 1 aromatic rings. The van der Waals surface area contributed by atoms with Gasteiger partial charge in [-0.25, -0.2) is 0 Å². The first kappa shape index (κ1) is 19.0. The topological polar surface area (TPSA) is 18.5 Å². The van der Waals surface area contributed by atoms with E-state index >= 15 is 0 Å². The molecule has 0 spiro atoms. The van der Waals surface area contributed by atoms with Crippen LogP contribution in [0.5, 0.6) is 0 Å². The van der Waals surface area contributed by atoms with Gasteiger partial charge in [0.05, 0.1) is 20.0 Å². The summed E-state index contributed by atoms with van der Waals surface area (Å²) < 4.78 is 10.8. The predicted octanol–water partition coefficient (Wildman–Crippen LogP) is 5.35. The lowest BCUT2D eigenvalue weighted by Gasteiger charge is -2.21. The van der Waals surface area contributed by atoms with E-state index in [2.05, 4.69) is 40.7 Å². The minimum Gasteiger partial charge on any atom is -0.505 e. The van der Waals surface area contributed by atoms with Gasteiger partial charge < -0.3 is 9.47 Å². The largest absolute Gasteiger partial charge is 0.505 e. The SMILES string of the molecule is C=CC[C@H](CBr)[C@@H](/C=C/OC)CCCOCc1ccccc1. The Bertz CT molecular complexity index is 417. The molecule has 0 aliphatic heterocycles. The molecule has 0 heterocycles. The highest BCUT2D eigenvalue weighted by molar-refractivity contribution is 9.09. The van der Waals surface area contributed by atoms with E-state index < -0.39 is 0 Å². The molecule has 0 N–H and O–H groups in total. The van der Waals surface area contributed by atoms with Gasteiger partial charge in [-0.2, -0.15) is 0 Å². The number of methoxy groups -OCH3 is 1. The Hall–Kier alpha value is -1.06. The van der Waals surface area contributed by atoms with Gasteiger partial charge in [-0.15, -0.1) is 6.58 Å². The lowest BCUT2D eigenvalue weighted by atomic mass is 9.87. The second kappa shape index (κ2) is 12.5. The van der Waals surface area contributed by atoms with Gasteiger partial charge in [0.25, 0.3) is 0 Å². The maximum Gasteiger partial charge on any atom is 0.0787 e. The predicted molar refractivity (Wildman–Crippen MR) is 97.1 cm³/mol. The standard InChI is InChI=1S/C19H27BrO2/c1-3-8-19(15-20)18(12-14-21-2)11-7-13-22-16-17-9-5-4-6-10-17/h3-6,9-10,12,14,18-19H,1,7-8,11,13,15-16H2,2H3/b14-12+/t18-,19-/m1/s1. The maximum atomic E-state index is 5.76. The number of rotatable bonds is 12. The van der Waals surface area contributed by atoms with Crippen molar-refractivity contribution in [2.75, 3.05) is 19.0 Å². The molecular formula is C19H27BrO2. The number of alkyl halides is 1. The minimum absolute atomic E-state index is 0.484. The molecule has 0 amide bonds.